The third-order valence-corrected chi connectivity index (χ3v) is 1.85. The maximum atomic E-state index is 8.50. The smallest absolute Gasteiger partial charge is 0.297 e. The Balaban J connectivity index is 2.67. The van der Waals surface area contributed by atoms with Gasteiger partial charge in [-0.2, -0.15) is 4.79 Å². The van der Waals surface area contributed by atoms with Crippen molar-refractivity contribution in [3.05, 3.63) is 29.0 Å². The Hall–Kier alpha value is -1.38. The van der Waals surface area contributed by atoms with Crippen molar-refractivity contribution in [1.29, 1.82) is 0 Å². The largest absolute Gasteiger partial charge is 0.401 e. The van der Waals surface area contributed by atoms with Gasteiger partial charge in [-0.1, -0.05) is 0 Å². The van der Waals surface area contributed by atoms with E-state index in [9.17, 15) is 0 Å². The van der Waals surface area contributed by atoms with Gasteiger partial charge in [0.25, 0.3) is 5.71 Å². The van der Waals surface area contributed by atoms with Crippen LogP contribution in [0.15, 0.2) is 23.4 Å². The van der Waals surface area contributed by atoms with Gasteiger partial charge < -0.3 is 16.0 Å². The van der Waals surface area contributed by atoms with Gasteiger partial charge in [-0.3, -0.25) is 0 Å². The van der Waals surface area contributed by atoms with Crippen molar-refractivity contribution in [3.8, 4) is 0 Å². The molecule has 1 rings (SSSR count). The summed E-state index contributed by atoms with van der Waals surface area (Å²) in [7, 11) is 0. The Bertz CT molecular complexity index is 298. The number of ether oxygens (including phenoxy) is 1. The molecule has 4 heteroatoms. The van der Waals surface area contributed by atoms with Crippen molar-refractivity contribution in [1.82, 2.24) is 0 Å². The van der Waals surface area contributed by atoms with E-state index in [4.69, 9.17) is 16.0 Å². The molecular formula is C9H13N3O. The summed E-state index contributed by atoms with van der Waals surface area (Å²) in [6.45, 7) is 3.13. The second kappa shape index (κ2) is 4.60. The first kappa shape index (κ1) is 9.71. The third kappa shape index (κ3) is 2.54. The first-order chi connectivity index (χ1) is 6.27. The number of hydrogen-bond donors (Lipinski definition) is 1. The van der Waals surface area contributed by atoms with Crippen LogP contribution in [0, 0.1) is 0 Å². The second-order valence-corrected chi connectivity index (χ2v) is 2.79. The Morgan fingerprint density at radius 3 is 2.92 bits per heavy atom. The molecule has 0 aromatic heterocycles. The Kier molecular flexibility index (Phi) is 3.43. The van der Waals surface area contributed by atoms with Gasteiger partial charge in [-0.05, 0) is 18.6 Å². The highest BCUT2D eigenvalue weighted by Gasteiger charge is 2.14. The van der Waals surface area contributed by atoms with E-state index in [0.29, 0.717) is 31.0 Å². The fourth-order valence-corrected chi connectivity index (χ4v) is 1.09. The summed E-state index contributed by atoms with van der Waals surface area (Å²) in [5.74, 6) is 0. The van der Waals surface area contributed by atoms with Gasteiger partial charge in [0, 0.05) is 18.4 Å². The zero-order valence-electron chi connectivity index (χ0n) is 7.66. The molecule has 0 heterocycles. The second-order valence-electron chi connectivity index (χ2n) is 2.79. The van der Waals surface area contributed by atoms with Gasteiger partial charge in [-0.25, -0.2) is 0 Å². The van der Waals surface area contributed by atoms with E-state index in [1.165, 1.54) is 0 Å². The van der Waals surface area contributed by atoms with Gasteiger partial charge in [-0.15, -0.1) is 0 Å². The summed E-state index contributed by atoms with van der Waals surface area (Å²) in [5.41, 5.74) is 16.5. The summed E-state index contributed by atoms with van der Waals surface area (Å²) in [6.07, 6.45) is 4.06. The van der Waals surface area contributed by atoms with Gasteiger partial charge in [0.1, 0.15) is 0 Å². The minimum absolute atomic E-state index is 0.495. The van der Waals surface area contributed by atoms with Gasteiger partial charge in [0.05, 0.1) is 13.0 Å². The molecule has 13 heavy (non-hydrogen) atoms. The summed E-state index contributed by atoms with van der Waals surface area (Å²) >= 11 is 0. The SMILES string of the molecule is CCOCC1=C(N)CC(=[N+]=[N-])C=C1. The molecule has 0 aliphatic heterocycles. The number of nitrogens with two attached hydrogens (primary N) is 1. The number of hydrogen-bond acceptors (Lipinski definition) is 2. The van der Waals surface area contributed by atoms with E-state index in [0.717, 1.165) is 5.57 Å². The highest BCUT2D eigenvalue weighted by atomic mass is 16.5. The predicted octanol–water partition coefficient (Wildman–Crippen LogP) is 0.866. The van der Waals surface area contributed by atoms with E-state index >= 15 is 0 Å². The highest BCUT2D eigenvalue weighted by molar-refractivity contribution is 5.93. The topological polar surface area (TPSA) is 71.7 Å². The molecule has 0 fully saturated rings. The van der Waals surface area contributed by atoms with Crippen LogP contribution in [0.3, 0.4) is 0 Å². The van der Waals surface area contributed by atoms with Crippen LogP contribution in [0.4, 0.5) is 0 Å². The lowest BCUT2D eigenvalue weighted by atomic mass is 10.0. The van der Waals surface area contributed by atoms with E-state index in [1.807, 2.05) is 13.0 Å². The molecule has 0 radical (unpaired) electrons. The minimum Gasteiger partial charge on any atom is -0.401 e. The first-order valence-electron chi connectivity index (χ1n) is 4.22. The van der Waals surface area contributed by atoms with Crippen LogP contribution in [0.5, 0.6) is 0 Å². The lowest BCUT2D eigenvalue weighted by molar-refractivity contribution is -0.00569. The summed E-state index contributed by atoms with van der Waals surface area (Å²) in [5, 5.41) is 0. The molecule has 0 bridgehead atoms. The van der Waals surface area contributed by atoms with E-state index in [-0.39, 0.29) is 0 Å². The zero-order chi connectivity index (χ0) is 9.68. The van der Waals surface area contributed by atoms with E-state index in [1.54, 1.807) is 6.08 Å². The molecule has 0 atom stereocenters. The molecule has 0 saturated heterocycles. The van der Waals surface area contributed by atoms with Crippen molar-refractivity contribution in [2.24, 2.45) is 5.73 Å². The Morgan fingerprint density at radius 1 is 1.62 bits per heavy atom. The van der Waals surface area contributed by atoms with E-state index < -0.39 is 0 Å². The van der Waals surface area contributed by atoms with Crippen LogP contribution in [-0.2, 0) is 4.74 Å². The maximum absolute atomic E-state index is 8.50. The van der Waals surface area contributed by atoms with Crippen LogP contribution >= 0.6 is 0 Å². The maximum Gasteiger partial charge on any atom is 0.297 e. The molecule has 70 valence electrons. The zero-order valence-corrected chi connectivity index (χ0v) is 7.66. The predicted molar refractivity (Wildman–Crippen MR) is 50.1 cm³/mol. The third-order valence-electron chi connectivity index (χ3n) is 1.85. The Labute approximate surface area is 77.3 Å². The van der Waals surface area contributed by atoms with Crippen LogP contribution < -0.4 is 5.73 Å². The van der Waals surface area contributed by atoms with Crippen LogP contribution in [0.25, 0.3) is 5.53 Å². The van der Waals surface area contributed by atoms with Gasteiger partial charge >= 0.3 is 0 Å². The molecule has 1 aliphatic carbocycles. The number of nitrogens with zero attached hydrogens (tertiary/aromatic N) is 2. The summed E-state index contributed by atoms with van der Waals surface area (Å²) in [6, 6.07) is 0. The highest BCUT2D eigenvalue weighted by Crippen LogP contribution is 2.12. The van der Waals surface area contributed by atoms with Crippen molar-refractivity contribution in [3.63, 3.8) is 0 Å². The number of allylic oxidation sites excluding steroid dienone is 2. The molecule has 1 aliphatic rings. The molecule has 0 amide bonds. The van der Waals surface area contributed by atoms with Crippen molar-refractivity contribution in [2.75, 3.05) is 13.2 Å². The molecule has 2 N–H and O–H groups in total. The molecule has 4 nitrogen and oxygen atoms in total. The average Bonchev–Trinajstić information content (AvgIpc) is 2.16. The molecule has 0 aromatic rings. The van der Waals surface area contributed by atoms with E-state index in [2.05, 4.69) is 4.79 Å². The molecule has 0 unspecified atom stereocenters. The quantitative estimate of drug-likeness (QED) is 0.515. The number of rotatable bonds is 3. The van der Waals surface area contributed by atoms with Crippen molar-refractivity contribution in [2.45, 2.75) is 13.3 Å². The molecule has 0 aromatic carbocycles. The molecule has 0 saturated carbocycles. The minimum atomic E-state index is 0.495. The van der Waals surface area contributed by atoms with Crippen molar-refractivity contribution >= 4 is 5.71 Å². The van der Waals surface area contributed by atoms with Gasteiger partial charge in [0.15, 0.2) is 0 Å². The van der Waals surface area contributed by atoms with Crippen LogP contribution in [0.2, 0.25) is 0 Å². The summed E-state index contributed by atoms with van der Waals surface area (Å²) < 4.78 is 5.22. The van der Waals surface area contributed by atoms with Crippen LogP contribution in [-0.4, -0.2) is 23.7 Å². The average molecular weight is 179 g/mol. The standard InChI is InChI=1S/C9H13N3O/c1-2-13-6-7-3-4-8(12-11)5-9(7)10/h3-4H,2,5-6,10H2,1H3. The first-order valence-corrected chi connectivity index (χ1v) is 4.22. The lowest BCUT2D eigenvalue weighted by Gasteiger charge is -2.09. The monoisotopic (exact) mass is 179 g/mol. The fraction of sp³-hybridized carbons (Fsp3) is 0.444. The molecular weight excluding hydrogens is 166 g/mol. The normalized spacial score (nSPS) is 16.2. The molecule has 0 spiro atoms. The fourth-order valence-electron chi connectivity index (χ4n) is 1.09. The lowest BCUT2D eigenvalue weighted by Crippen LogP contribution is -2.14. The summed E-state index contributed by atoms with van der Waals surface area (Å²) in [4.78, 5) is 3.09. The van der Waals surface area contributed by atoms with Gasteiger partial charge in [0.2, 0.25) is 0 Å². The Morgan fingerprint density at radius 2 is 2.38 bits per heavy atom. The van der Waals surface area contributed by atoms with Crippen LogP contribution in [0.1, 0.15) is 13.3 Å². The van der Waals surface area contributed by atoms with Crippen molar-refractivity contribution < 1.29 is 9.53 Å².